The maximum atomic E-state index is 5.97. The minimum atomic E-state index is -0.263. The second-order valence-electron chi connectivity index (χ2n) is 5.39. The quantitative estimate of drug-likeness (QED) is 0.744. The van der Waals surface area contributed by atoms with E-state index in [1.54, 1.807) is 14.2 Å². The molecule has 2 N–H and O–H groups in total. The van der Waals surface area contributed by atoms with E-state index in [0.29, 0.717) is 6.54 Å². The molecule has 0 aliphatic carbocycles. The number of likely N-dealkylation sites (tertiary alicyclic amines) is 1. The molecule has 1 rings (SSSR count). The number of rotatable bonds is 5. The van der Waals surface area contributed by atoms with Gasteiger partial charge in [0, 0.05) is 20.8 Å². The molecule has 0 saturated carbocycles. The number of nitrogens with two attached hydrogens (primary N) is 1. The molecule has 102 valence electrons. The standard InChI is InChI=1S/C13H28N2O2/c1-11-6-5-8-15(9-7-11)13(2,10-14)12(16-3)17-4/h11-12H,5-10,14H2,1-4H3. The van der Waals surface area contributed by atoms with E-state index in [2.05, 4.69) is 18.7 Å². The van der Waals surface area contributed by atoms with Crippen LogP contribution in [-0.4, -0.2) is 50.6 Å². The maximum absolute atomic E-state index is 5.97. The van der Waals surface area contributed by atoms with Crippen LogP contribution in [0.2, 0.25) is 0 Å². The SMILES string of the molecule is COC(OC)C(C)(CN)N1CCCC(C)CC1. The minimum Gasteiger partial charge on any atom is -0.354 e. The molecule has 0 radical (unpaired) electrons. The number of ether oxygens (including phenoxy) is 2. The van der Waals surface area contributed by atoms with Gasteiger partial charge in [0.05, 0.1) is 5.54 Å². The van der Waals surface area contributed by atoms with Crippen molar-refractivity contribution in [2.75, 3.05) is 33.9 Å². The van der Waals surface area contributed by atoms with Crippen molar-refractivity contribution in [2.24, 2.45) is 11.7 Å². The summed E-state index contributed by atoms with van der Waals surface area (Å²) in [6, 6.07) is 0. The average Bonchev–Trinajstić information content (AvgIpc) is 2.55. The van der Waals surface area contributed by atoms with Gasteiger partial charge >= 0.3 is 0 Å². The lowest BCUT2D eigenvalue weighted by molar-refractivity contribution is -0.181. The Labute approximate surface area is 105 Å². The summed E-state index contributed by atoms with van der Waals surface area (Å²) in [5.74, 6) is 0.811. The van der Waals surface area contributed by atoms with Gasteiger partial charge in [0.25, 0.3) is 0 Å². The molecule has 0 bridgehead atoms. The molecule has 17 heavy (non-hydrogen) atoms. The van der Waals surface area contributed by atoms with E-state index < -0.39 is 0 Å². The van der Waals surface area contributed by atoms with Crippen LogP contribution in [0, 0.1) is 5.92 Å². The van der Waals surface area contributed by atoms with Crippen molar-refractivity contribution in [3.63, 3.8) is 0 Å². The van der Waals surface area contributed by atoms with Gasteiger partial charge in [-0.05, 0) is 45.2 Å². The lowest BCUT2D eigenvalue weighted by atomic mass is 9.98. The highest BCUT2D eigenvalue weighted by atomic mass is 16.7. The first-order chi connectivity index (χ1) is 8.08. The smallest absolute Gasteiger partial charge is 0.176 e. The molecule has 1 heterocycles. The van der Waals surface area contributed by atoms with Gasteiger partial charge < -0.3 is 15.2 Å². The first-order valence-corrected chi connectivity index (χ1v) is 6.59. The van der Waals surface area contributed by atoms with Crippen molar-refractivity contribution in [3.05, 3.63) is 0 Å². The average molecular weight is 244 g/mol. The van der Waals surface area contributed by atoms with Gasteiger partial charge in [-0.15, -0.1) is 0 Å². The molecule has 2 unspecified atom stereocenters. The van der Waals surface area contributed by atoms with E-state index in [1.165, 1.54) is 19.3 Å². The summed E-state index contributed by atoms with van der Waals surface area (Å²) in [6.07, 6.45) is 3.51. The summed E-state index contributed by atoms with van der Waals surface area (Å²) in [4.78, 5) is 2.44. The summed E-state index contributed by atoms with van der Waals surface area (Å²) in [6.45, 7) is 7.18. The van der Waals surface area contributed by atoms with Crippen LogP contribution in [0.5, 0.6) is 0 Å². The molecule has 0 aromatic rings. The monoisotopic (exact) mass is 244 g/mol. The maximum Gasteiger partial charge on any atom is 0.176 e. The third-order valence-electron chi connectivity index (χ3n) is 4.09. The normalized spacial score (nSPS) is 26.8. The summed E-state index contributed by atoms with van der Waals surface area (Å²) in [5, 5.41) is 0. The highest BCUT2D eigenvalue weighted by Gasteiger charge is 2.39. The van der Waals surface area contributed by atoms with Crippen LogP contribution >= 0.6 is 0 Å². The number of methoxy groups -OCH3 is 2. The second-order valence-corrected chi connectivity index (χ2v) is 5.39. The summed E-state index contributed by atoms with van der Waals surface area (Å²) in [7, 11) is 3.37. The molecule has 1 aliphatic heterocycles. The van der Waals surface area contributed by atoms with Crippen LogP contribution in [-0.2, 0) is 9.47 Å². The van der Waals surface area contributed by atoms with Crippen molar-refractivity contribution in [1.82, 2.24) is 4.90 Å². The first-order valence-electron chi connectivity index (χ1n) is 6.59. The third-order valence-corrected chi connectivity index (χ3v) is 4.09. The fourth-order valence-corrected chi connectivity index (χ4v) is 2.75. The molecule has 1 aliphatic rings. The van der Waals surface area contributed by atoms with Gasteiger partial charge in [-0.25, -0.2) is 0 Å². The second kappa shape index (κ2) is 6.69. The highest BCUT2D eigenvalue weighted by molar-refractivity contribution is 4.92. The van der Waals surface area contributed by atoms with Crippen molar-refractivity contribution < 1.29 is 9.47 Å². The Morgan fingerprint density at radius 1 is 1.29 bits per heavy atom. The molecule has 0 spiro atoms. The van der Waals surface area contributed by atoms with E-state index in [4.69, 9.17) is 15.2 Å². The first kappa shape index (κ1) is 14.9. The van der Waals surface area contributed by atoms with Gasteiger partial charge in [0.1, 0.15) is 0 Å². The molecule has 1 fully saturated rings. The molecule has 4 heteroatoms. The molecule has 2 atom stereocenters. The Balaban J connectivity index is 2.76. The molecule has 0 aromatic carbocycles. The third kappa shape index (κ3) is 3.41. The van der Waals surface area contributed by atoms with Crippen LogP contribution in [0.25, 0.3) is 0 Å². The van der Waals surface area contributed by atoms with Gasteiger partial charge in [-0.2, -0.15) is 0 Å². The molecule has 1 saturated heterocycles. The molecule has 0 aromatic heterocycles. The van der Waals surface area contributed by atoms with Gasteiger partial charge in [0.15, 0.2) is 6.29 Å². The zero-order valence-electron chi connectivity index (χ0n) is 11.7. The van der Waals surface area contributed by atoms with Crippen molar-refractivity contribution in [1.29, 1.82) is 0 Å². The van der Waals surface area contributed by atoms with Crippen LogP contribution in [0.4, 0.5) is 0 Å². The summed E-state index contributed by atoms with van der Waals surface area (Å²) >= 11 is 0. The fraction of sp³-hybridized carbons (Fsp3) is 1.00. The predicted molar refractivity (Wildman–Crippen MR) is 69.9 cm³/mol. The van der Waals surface area contributed by atoms with Gasteiger partial charge in [-0.3, -0.25) is 4.90 Å². The zero-order chi connectivity index (χ0) is 12.9. The number of hydrogen-bond acceptors (Lipinski definition) is 4. The lowest BCUT2D eigenvalue weighted by Gasteiger charge is -2.44. The summed E-state index contributed by atoms with van der Waals surface area (Å²) < 4.78 is 10.9. The summed E-state index contributed by atoms with van der Waals surface area (Å²) in [5.41, 5.74) is 5.75. The fourth-order valence-electron chi connectivity index (χ4n) is 2.75. The number of nitrogens with zero attached hydrogens (tertiary/aromatic N) is 1. The topological polar surface area (TPSA) is 47.7 Å². The Kier molecular flexibility index (Phi) is 5.86. The van der Waals surface area contributed by atoms with E-state index >= 15 is 0 Å². The molecule has 0 amide bonds. The lowest BCUT2D eigenvalue weighted by Crippen LogP contribution is -2.60. The van der Waals surface area contributed by atoms with Crippen LogP contribution in [0.3, 0.4) is 0 Å². The molecular formula is C13H28N2O2. The molecular weight excluding hydrogens is 216 g/mol. The van der Waals surface area contributed by atoms with Crippen molar-refractivity contribution in [3.8, 4) is 0 Å². The predicted octanol–water partition coefficient (Wildman–Crippen LogP) is 1.44. The Bertz CT molecular complexity index is 221. The highest BCUT2D eigenvalue weighted by Crippen LogP contribution is 2.26. The number of hydrogen-bond donors (Lipinski definition) is 1. The van der Waals surface area contributed by atoms with E-state index in [-0.39, 0.29) is 11.8 Å². The van der Waals surface area contributed by atoms with E-state index in [9.17, 15) is 0 Å². The van der Waals surface area contributed by atoms with Crippen molar-refractivity contribution >= 4 is 0 Å². The van der Waals surface area contributed by atoms with Gasteiger partial charge in [-0.1, -0.05) is 6.92 Å². The van der Waals surface area contributed by atoms with Crippen LogP contribution in [0.1, 0.15) is 33.1 Å². The Hall–Kier alpha value is -0.160. The van der Waals surface area contributed by atoms with E-state index in [1.807, 2.05) is 0 Å². The van der Waals surface area contributed by atoms with E-state index in [0.717, 1.165) is 19.0 Å². The van der Waals surface area contributed by atoms with Gasteiger partial charge in [0.2, 0.25) is 0 Å². The minimum absolute atomic E-state index is 0.229. The van der Waals surface area contributed by atoms with Crippen LogP contribution < -0.4 is 5.73 Å². The molecule has 4 nitrogen and oxygen atoms in total. The Morgan fingerprint density at radius 2 is 1.94 bits per heavy atom. The van der Waals surface area contributed by atoms with Crippen molar-refractivity contribution in [2.45, 2.75) is 44.9 Å². The largest absolute Gasteiger partial charge is 0.354 e. The van der Waals surface area contributed by atoms with Crippen LogP contribution in [0.15, 0.2) is 0 Å². The Morgan fingerprint density at radius 3 is 2.47 bits per heavy atom. The zero-order valence-corrected chi connectivity index (χ0v) is 11.7.